The summed E-state index contributed by atoms with van der Waals surface area (Å²) >= 11 is 3.40. The van der Waals surface area contributed by atoms with E-state index in [0.29, 0.717) is 18.9 Å². The molecule has 0 fully saturated rings. The normalized spacial score (nSPS) is 10.2. The van der Waals surface area contributed by atoms with Gasteiger partial charge in [-0.25, -0.2) is 0 Å². The Morgan fingerprint density at radius 2 is 1.89 bits per heavy atom. The second-order valence-corrected chi connectivity index (χ2v) is 5.01. The van der Waals surface area contributed by atoms with Gasteiger partial charge in [0.2, 0.25) is 0 Å². The Hall–Kier alpha value is -1.68. The van der Waals surface area contributed by atoms with Crippen LogP contribution in [-0.4, -0.2) is 11.7 Å². The number of anilines is 1. The van der Waals surface area contributed by atoms with Gasteiger partial charge in [-0.2, -0.15) is 0 Å². The standard InChI is InChI=1S/C15H16BrNO2/c1-2-19-15-9-11(3-8-14(15)18)10-17-13-6-4-12(16)5-7-13/h3-9,17-18H,2,10H2,1H3. The number of halogens is 1. The molecule has 2 rings (SSSR count). The predicted octanol–water partition coefficient (Wildman–Crippen LogP) is 4.17. The minimum Gasteiger partial charge on any atom is -0.504 e. The highest BCUT2D eigenvalue weighted by Crippen LogP contribution is 2.27. The number of phenolic OH excluding ortho intramolecular Hbond substituents is 1. The average Bonchev–Trinajstić information content (AvgIpc) is 2.42. The molecule has 0 aliphatic carbocycles. The van der Waals surface area contributed by atoms with E-state index in [1.165, 1.54) is 0 Å². The Labute approximate surface area is 121 Å². The number of hydrogen-bond donors (Lipinski definition) is 2. The van der Waals surface area contributed by atoms with Crippen molar-refractivity contribution in [1.29, 1.82) is 0 Å². The molecule has 4 heteroatoms. The summed E-state index contributed by atoms with van der Waals surface area (Å²) in [5.41, 5.74) is 2.11. The average molecular weight is 322 g/mol. The fraction of sp³-hybridized carbons (Fsp3) is 0.200. The summed E-state index contributed by atoms with van der Waals surface area (Å²) in [6, 6.07) is 13.4. The van der Waals surface area contributed by atoms with Crippen molar-refractivity contribution in [3.05, 3.63) is 52.5 Å². The summed E-state index contributed by atoms with van der Waals surface area (Å²) < 4.78 is 6.42. The third-order valence-corrected chi connectivity index (χ3v) is 3.19. The Bertz CT molecular complexity index is 540. The maximum Gasteiger partial charge on any atom is 0.161 e. The molecule has 0 amide bonds. The monoisotopic (exact) mass is 321 g/mol. The van der Waals surface area contributed by atoms with Gasteiger partial charge in [-0.3, -0.25) is 0 Å². The molecular weight excluding hydrogens is 306 g/mol. The van der Waals surface area contributed by atoms with Gasteiger partial charge in [-0.15, -0.1) is 0 Å². The minimum absolute atomic E-state index is 0.175. The maximum atomic E-state index is 9.63. The molecule has 2 N–H and O–H groups in total. The molecule has 3 nitrogen and oxygen atoms in total. The molecule has 0 radical (unpaired) electrons. The van der Waals surface area contributed by atoms with Gasteiger partial charge in [0.25, 0.3) is 0 Å². The zero-order chi connectivity index (χ0) is 13.7. The summed E-state index contributed by atoms with van der Waals surface area (Å²) in [7, 11) is 0. The molecule has 2 aromatic carbocycles. The number of rotatable bonds is 5. The van der Waals surface area contributed by atoms with Crippen LogP contribution in [0.4, 0.5) is 5.69 Å². The van der Waals surface area contributed by atoms with E-state index >= 15 is 0 Å². The first kappa shape index (κ1) is 13.7. The van der Waals surface area contributed by atoms with Crippen molar-refractivity contribution in [2.45, 2.75) is 13.5 Å². The molecule has 0 saturated heterocycles. The highest BCUT2D eigenvalue weighted by atomic mass is 79.9. The fourth-order valence-corrected chi connectivity index (χ4v) is 1.98. The molecular formula is C15H16BrNO2. The molecule has 0 aromatic heterocycles. The van der Waals surface area contributed by atoms with Crippen LogP contribution in [0.3, 0.4) is 0 Å². The van der Waals surface area contributed by atoms with Gasteiger partial charge in [-0.1, -0.05) is 22.0 Å². The maximum absolute atomic E-state index is 9.63. The Morgan fingerprint density at radius 1 is 1.16 bits per heavy atom. The molecule has 100 valence electrons. The molecule has 0 spiro atoms. The lowest BCUT2D eigenvalue weighted by atomic mass is 10.2. The van der Waals surface area contributed by atoms with E-state index in [-0.39, 0.29) is 5.75 Å². The number of benzene rings is 2. The van der Waals surface area contributed by atoms with Gasteiger partial charge in [0, 0.05) is 16.7 Å². The van der Waals surface area contributed by atoms with E-state index in [1.54, 1.807) is 6.07 Å². The van der Waals surface area contributed by atoms with Crippen LogP contribution < -0.4 is 10.1 Å². The molecule has 2 aromatic rings. The first-order chi connectivity index (χ1) is 9.19. The second kappa shape index (κ2) is 6.48. The zero-order valence-electron chi connectivity index (χ0n) is 10.7. The lowest BCUT2D eigenvalue weighted by molar-refractivity contribution is 0.318. The quantitative estimate of drug-likeness (QED) is 0.868. The van der Waals surface area contributed by atoms with Gasteiger partial charge in [0.05, 0.1) is 6.61 Å². The lowest BCUT2D eigenvalue weighted by Crippen LogP contribution is -2.00. The topological polar surface area (TPSA) is 41.5 Å². The zero-order valence-corrected chi connectivity index (χ0v) is 12.3. The molecule has 0 atom stereocenters. The van der Waals surface area contributed by atoms with E-state index < -0.39 is 0 Å². The van der Waals surface area contributed by atoms with Crippen molar-refractivity contribution in [3.63, 3.8) is 0 Å². The largest absolute Gasteiger partial charge is 0.504 e. The third kappa shape index (κ3) is 3.89. The first-order valence-corrected chi connectivity index (χ1v) is 6.92. The van der Waals surface area contributed by atoms with Crippen molar-refractivity contribution < 1.29 is 9.84 Å². The Kier molecular flexibility index (Phi) is 4.68. The van der Waals surface area contributed by atoms with Crippen LogP contribution in [0.5, 0.6) is 11.5 Å². The van der Waals surface area contributed by atoms with Crippen LogP contribution >= 0.6 is 15.9 Å². The van der Waals surface area contributed by atoms with Gasteiger partial charge in [-0.05, 0) is 48.9 Å². The number of phenols is 1. The Morgan fingerprint density at radius 3 is 2.58 bits per heavy atom. The fourth-order valence-electron chi connectivity index (χ4n) is 1.71. The minimum atomic E-state index is 0.175. The molecule has 0 aliphatic heterocycles. The van der Waals surface area contributed by atoms with Crippen LogP contribution in [0, 0.1) is 0 Å². The smallest absolute Gasteiger partial charge is 0.161 e. The molecule has 0 unspecified atom stereocenters. The van der Waals surface area contributed by atoms with Crippen molar-refractivity contribution in [1.82, 2.24) is 0 Å². The first-order valence-electron chi connectivity index (χ1n) is 6.13. The molecule has 0 heterocycles. The molecule has 19 heavy (non-hydrogen) atoms. The molecule has 0 saturated carbocycles. The van der Waals surface area contributed by atoms with E-state index in [9.17, 15) is 5.11 Å². The third-order valence-electron chi connectivity index (χ3n) is 2.66. The summed E-state index contributed by atoms with van der Waals surface area (Å²) in [4.78, 5) is 0. The van der Waals surface area contributed by atoms with Gasteiger partial charge in [0.15, 0.2) is 11.5 Å². The molecule has 0 aliphatic rings. The summed E-state index contributed by atoms with van der Waals surface area (Å²) in [5, 5.41) is 13.0. The number of ether oxygens (including phenoxy) is 1. The van der Waals surface area contributed by atoms with Crippen molar-refractivity contribution in [3.8, 4) is 11.5 Å². The summed E-state index contributed by atoms with van der Waals surface area (Å²) in [6.45, 7) is 3.12. The van der Waals surface area contributed by atoms with Crippen molar-refractivity contribution >= 4 is 21.6 Å². The lowest BCUT2D eigenvalue weighted by Gasteiger charge is -2.10. The van der Waals surface area contributed by atoms with E-state index in [1.807, 2.05) is 43.3 Å². The van der Waals surface area contributed by atoms with E-state index in [4.69, 9.17) is 4.74 Å². The Balaban J connectivity index is 2.03. The van der Waals surface area contributed by atoms with Crippen molar-refractivity contribution in [2.75, 3.05) is 11.9 Å². The van der Waals surface area contributed by atoms with Crippen LogP contribution in [0.15, 0.2) is 46.9 Å². The highest BCUT2D eigenvalue weighted by Gasteiger charge is 2.03. The van der Waals surface area contributed by atoms with E-state index in [0.717, 1.165) is 15.7 Å². The SMILES string of the molecule is CCOc1cc(CNc2ccc(Br)cc2)ccc1O. The van der Waals surface area contributed by atoms with Gasteiger partial charge >= 0.3 is 0 Å². The van der Waals surface area contributed by atoms with Gasteiger partial charge in [0.1, 0.15) is 0 Å². The molecule has 0 bridgehead atoms. The van der Waals surface area contributed by atoms with Crippen LogP contribution in [0.2, 0.25) is 0 Å². The van der Waals surface area contributed by atoms with Crippen LogP contribution in [-0.2, 0) is 6.54 Å². The van der Waals surface area contributed by atoms with Crippen molar-refractivity contribution in [2.24, 2.45) is 0 Å². The summed E-state index contributed by atoms with van der Waals surface area (Å²) in [5.74, 6) is 0.701. The van der Waals surface area contributed by atoms with Crippen LogP contribution in [0.25, 0.3) is 0 Å². The number of hydrogen-bond acceptors (Lipinski definition) is 3. The number of nitrogens with one attached hydrogen (secondary N) is 1. The highest BCUT2D eigenvalue weighted by molar-refractivity contribution is 9.10. The predicted molar refractivity (Wildman–Crippen MR) is 80.7 cm³/mol. The summed E-state index contributed by atoms with van der Waals surface area (Å²) in [6.07, 6.45) is 0. The van der Waals surface area contributed by atoms with Crippen LogP contribution in [0.1, 0.15) is 12.5 Å². The van der Waals surface area contributed by atoms with Gasteiger partial charge < -0.3 is 15.2 Å². The van der Waals surface area contributed by atoms with E-state index in [2.05, 4.69) is 21.2 Å². The second-order valence-electron chi connectivity index (χ2n) is 4.10. The number of aromatic hydroxyl groups is 1.